The molecule has 0 aliphatic carbocycles. The molecule has 0 saturated heterocycles. The molecule has 0 radical (unpaired) electrons. The molecule has 0 rings (SSSR count). The zero-order valence-electron chi connectivity index (χ0n) is 6.65. The lowest BCUT2D eigenvalue weighted by Gasteiger charge is -1.96. The van der Waals surface area contributed by atoms with E-state index in [1.165, 1.54) is 7.11 Å². The Labute approximate surface area is 69.6 Å². The molecule has 0 aromatic carbocycles. The molecule has 5 nitrogen and oxygen atoms in total. The van der Waals surface area contributed by atoms with Crippen LogP contribution >= 0.6 is 0 Å². The number of methoxy groups -OCH3 is 1. The van der Waals surface area contributed by atoms with E-state index in [0.717, 1.165) is 12.2 Å². The van der Waals surface area contributed by atoms with Crippen LogP contribution in [0.25, 0.3) is 0 Å². The minimum atomic E-state index is -0.686. The van der Waals surface area contributed by atoms with Crippen molar-refractivity contribution in [1.82, 2.24) is 0 Å². The van der Waals surface area contributed by atoms with Gasteiger partial charge < -0.3 is 14.6 Å². The molecule has 0 bridgehead atoms. The van der Waals surface area contributed by atoms with E-state index in [-0.39, 0.29) is 13.2 Å². The normalized spacial score (nSPS) is 9.83. The minimum absolute atomic E-state index is 0.0790. The Morgan fingerprint density at radius 1 is 1.33 bits per heavy atom. The lowest BCUT2D eigenvalue weighted by atomic mass is 10.5. The quantitative estimate of drug-likeness (QED) is 0.448. The highest BCUT2D eigenvalue weighted by Crippen LogP contribution is 1.83. The van der Waals surface area contributed by atoms with Crippen molar-refractivity contribution in [3.63, 3.8) is 0 Å². The van der Waals surface area contributed by atoms with Gasteiger partial charge in [-0.05, 0) is 0 Å². The summed E-state index contributed by atoms with van der Waals surface area (Å²) in [6.07, 6.45) is 1.88. The number of hydrogen-bond acceptors (Lipinski definition) is 5. The molecule has 5 heteroatoms. The third-order valence-electron chi connectivity index (χ3n) is 0.892. The molecule has 0 fully saturated rings. The first kappa shape index (κ1) is 10.6. The Bertz CT molecular complexity index is 184. The number of esters is 2. The van der Waals surface area contributed by atoms with E-state index in [2.05, 4.69) is 9.47 Å². The van der Waals surface area contributed by atoms with E-state index in [1.54, 1.807) is 0 Å². The number of ether oxygens (including phenoxy) is 2. The van der Waals surface area contributed by atoms with Gasteiger partial charge >= 0.3 is 11.9 Å². The zero-order chi connectivity index (χ0) is 9.40. The Kier molecular flexibility index (Phi) is 5.64. The fraction of sp³-hybridized carbons (Fsp3) is 0.429. The van der Waals surface area contributed by atoms with Gasteiger partial charge in [0.25, 0.3) is 0 Å². The maximum Gasteiger partial charge on any atom is 0.331 e. The second-order valence-corrected chi connectivity index (χ2v) is 1.75. The molecule has 12 heavy (non-hydrogen) atoms. The van der Waals surface area contributed by atoms with Crippen LogP contribution in [0.2, 0.25) is 0 Å². The molecule has 0 aliphatic heterocycles. The molecule has 0 aliphatic rings. The zero-order valence-corrected chi connectivity index (χ0v) is 6.65. The average Bonchev–Trinajstić information content (AvgIpc) is 2.10. The van der Waals surface area contributed by atoms with Crippen molar-refractivity contribution >= 4 is 11.9 Å². The molecule has 0 spiro atoms. The average molecular weight is 174 g/mol. The molecular weight excluding hydrogens is 164 g/mol. The highest BCUT2D eigenvalue weighted by atomic mass is 16.5. The number of carbonyl (C=O) groups is 2. The van der Waals surface area contributed by atoms with Gasteiger partial charge in [-0.2, -0.15) is 0 Å². The summed E-state index contributed by atoms with van der Waals surface area (Å²) in [4.78, 5) is 21.0. The highest BCUT2D eigenvalue weighted by Gasteiger charge is 1.97. The molecule has 0 amide bonds. The number of rotatable bonds is 4. The standard InChI is InChI=1S/C7H10O5/c1-11-6(9)2-3-7(10)12-5-4-8/h2-3,8H,4-5H2,1H3/b3-2+. The lowest BCUT2D eigenvalue weighted by Crippen LogP contribution is -2.06. The Balaban J connectivity index is 3.67. The van der Waals surface area contributed by atoms with Gasteiger partial charge in [0, 0.05) is 12.2 Å². The molecule has 1 N–H and O–H groups in total. The van der Waals surface area contributed by atoms with E-state index in [9.17, 15) is 9.59 Å². The Morgan fingerprint density at radius 2 is 1.92 bits per heavy atom. The van der Waals surface area contributed by atoms with Gasteiger partial charge in [0.2, 0.25) is 0 Å². The van der Waals surface area contributed by atoms with Crippen molar-refractivity contribution in [2.75, 3.05) is 20.3 Å². The lowest BCUT2D eigenvalue weighted by molar-refractivity contribution is -0.140. The summed E-state index contributed by atoms with van der Waals surface area (Å²) < 4.78 is 8.62. The fourth-order valence-corrected chi connectivity index (χ4v) is 0.398. The minimum Gasteiger partial charge on any atom is -0.466 e. The molecule has 0 heterocycles. The van der Waals surface area contributed by atoms with Crippen molar-refractivity contribution in [1.29, 1.82) is 0 Å². The molecule has 0 aromatic heterocycles. The summed E-state index contributed by atoms with van der Waals surface area (Å²) in [5.74, 6) is -1.31. The first-order chi connectivity index (χ1) is 5.70. The first-order valence-electron chi connectivity index (χ1n) is 3.24. The van der Waals surface area contributed by atoms with E-state index in [1.807, 2.05) is 0 Å². The molecule has 0 saturated carbocycles. The van der Waals surface area contributed by atoms with Crippen LogP contribution in [0.1, 0.15) is 0 Å². The summed E-state index contributed by atoms with van der Waals surface area (Å²) in [6, 6.07) is 0. The number of aliphatic hydroxyl groups excluding tert-OH is 1. The van der Waals surface area contributed by atoms with Gasteiger partial charge in [0.1, 0.15) is 6.61 Å². The molecule has 0 atom stereocenters. The summed E-state index contributed by atoms with van der Waals surface area (Å²) in [5.41, 5.74) is 0. The van der Waals surface area contributed by atoms with Crippen LogP contribution in [-0.2, 0) is 19.1 Å². The van der Waals surface area contributed by atoms with E-state index < -0.39 is 11.9 Å². The number of hydrogen-bond donors (Lipinski definition) is 1. The maximum atomic E-state index is 10.6. The van der Waals surface area contributed by atoms with Gasteiger partial charge in [-0.15, -0.1) is 0 Å². The molecule has 0 unspecified atom stereocenters. The van der Waals surface area contributed by atoms with Crippen LogP contribution in [0.5, 0.6) is 0 Å². The summed E-state index contributed by atoms with van der Waals surface area (Å²) in [6.45, 7) is -0.317. The molecule has 68 valence electrons. The summed E-state index contributed by atoms with van der Waals surface area (Å²) >= 11 is 0. The van der Waals surface area contributed by atoms with E-state index >= 15 is 0 Å². The highest BCUT2D eigenvalue weighted by molar-refractivity contribution is 5.91. The maximum absolute atomic E-state index is 10.6. The number of aliphatic hydroxyl groups is 1. The van der Waals surface area contributed by atoms with E-state index in [0.29, 0.717) is 0 Å². The first-order valence-corrected chi connectivity index (χ1v) is 3.24. The topological polar surface area (TPSA) is 72.8 Å². The van der Waals surface area contributed by atoms with Crippen LogP contribution in [-0.4, -0.2) is 37.4 Å². The largest absolute Gasteiger partial charge is 0.466 e. The van der Waals surface area contributed by atoms with Gasteiger partial charge in [-0.25, -0.2) is 9.59 Å². The molecule has 0 aromatic rings. The van der Waals surface area contributed by atoms with Crippen molar-refractivity contribution < 1.29 is 24.2 Å². The monoisotopic (exact) mass is 174 g/mol. The van der Waals surface area contributed by atoms with Crippen molar-refractivity contribution in [3.8, 4) is 0 Å². The second-order valence-electron chi connectivity index (χ2n) is 1.75. The van der Waals surface area contributed by atoms with Crippen molar-refractivity contribution in [3.05, 3.63) is 12.2 Å². The van der Waals surface area contributed by atoms with Crippen LogP contribution in [0, 0.1) is 0 Å². The fourth-order valence-electron chi connectivity index (χ4n) is 0.398. The summed E-state index contributed by atoms with van der Waals surface area (Å²) in [5, 5.41) is 8.25. The van der Waals surface area contributed by atoms with Gasteiger partial charge in [0.15, 0.2) is 0 Å². The van der Waals surface area contributed by atoms with Gasteiger partial charge in [-0.1, -0.05) is 0 Å². The third-order valence-corrected chi connectivity index (χ3v) is 0.892. The third kappa shape index (κ3) is 5.43. The van der Waals surface area contributed by atoms with Crippen LogP contribution in [0.15, 0.2) is 12.2 Å². The Hall–Kier alpha value is -1.36. The van der Waals surface area contributed by atoms with Crippen molar-refractivity contribution in [2.24, 2.45) is 0 Å². The predicted octanol–water partition coefficient (Wildman–Crippen LogP) is -0.749. The second kappa shape index (κ2) is 6.36. The molecular formula is C7H10O5. The Morgan fingerprint density at radius 3 is 2.42 bits per heavy atom. The SMILES string of the molecule is COC(=O)/C=C/C(=O)OCCO. The number of carbonyl (C=O) groups excluding carboxylic acids is 2. The predicted molar refractivity (Wildman–Crippen MR) is 39.2 cm³/mol. The van der Waals surface area contributed by atoms with E-state index in [4.69, 9.17) is 5.11 Å². The van der Waals surface area contributed by atoms with Crippen LogP contribution < -0.4 is 0 Å². The van der Waals surface area contributed by atoms with Crippen LogP contribution in [0.4, 0.5) is 0 Å². The smallest absolute Gasteiger partial charge is 0.331 e. The van der Waals surface area contributed by atoms with Gasteiger partial charge in [-0.3, -0.25) is 0 Å². The van der Waals surface area contributed by atoms with Gasteiger partial charge in [0.05, 0.1) is 13.7 Å². The summed E-state index contributed by atoms with van der Waals surface area (Å²) in [7, 11) is 1.20. The van der Waals surface area contributed by atoms with Crippen LogP contribution in [0.3, 0.4) is 0 Å². The van der Waals surface area contributed by atoms with Crippen molar-refractivity contribution in [2.45, 2.75) is 0 Å².